The SMILES string of the molecule is O=C([O-])[C@H](Cc1ccccc1)NC(=O)[C@H]1CC(c2ccc(F)cc2)=NO1. The number of carbonyl (C=O) groups is 2. The maximum atomic E-state index is 13.0. The van der Waals surface area contributed by atoms with Crippen LogP contribution in [0.15, 0.2) is 59.8 Å². The van der Waals surface area contributed by atoms with Gasteiger partial charge in [0.15, 0.2) is 0 Å². The highest BCUT2D eigenvalue weighted by Gasteiger charge is 2.30. The van der Waals surface area contributed by atoms with E-state index in [2.05, 4.69) is 10.5 Å². The van der Waals surface area contributed by atoms with E-state index in [1.54, 1.807) is 24.3 Å². The van der Waals surface area contributed by atoms with Crippen LogP contribution in [0.3, 0.4) is 0 Å². The van der Waals surface area contributed by atoms with Crippen molar-refractivity contribution in [1.29, 1.82) is 0 Å². The monoisotopic (exact) mass is 355 g/mol. The van der Waals surface area contributed by atoms with Crippen LogP contribution in [-0.4, -0.2) is 29.7 Å². The first kappa shape index (κ1) is 17.6. The van der Waals surface area contributed by atoms with Gasteiger partial charge in [0.2, 0.25) is 6.10 Å². The molecule has 6 nitrogen and oxygen atoms in total. The second kappa shape index (κ2) is 7.77. The van der Waals surface area contributed by atoms with Gasteiger partial charge >= 0.3 is 0 Å². The molecule has 1 aliphatic rings. The molecule has 7 heteroatoms. The van der Waals surface area contributed by atoms with Gasteiger partial charge in [0.25, 0.3) is 5.91 Å². The van der Waals surface area contributed by atoms with Crippen LogP contribution in [0.5, 0.6) is 0 Å². The zero-order chi connectivity index (χ0) is 18.5. The van der Waals surface area contributed by atoms with Crippen LogP contribution in [0.4, 0.5) is 4.39 Å². The number of carboxylic acid groups (broad SMARTS) is 1. The van der Waals surface area contributed by atoms with Crippen LogP contribution in [-0.2, 0) is 20.8 Å². The van der Waals surface area contributed by atoms with E-state index in [-0.39, 0.29) is 18.7 Å². The molecule has 2 aromatic rings. The Morgan fingerprint density at radius 1 is 1.19 bits per heavy atom. The lowest BCUT2D eigenvalue weighted by atomic mass is 10.0. The second-order valence-corrected chi connectivity index (χ2v) is 5.91. The third kappa shape index (κ3) is 4.24. The van der Waals surface area contributed by atoms with Gasteiger partial charge < -0.3 is 20.1 Å². The molecule has 0 aliphatic carbocycles. The predicted octanol–water partition coefficient (Wildman–Crippen LogP) is 0.796. The molecule has 0 saturated carbocycles. The van der Waals surface area contributed by atoms with Gasteiger partial charge in [0.05, 0.1) is 17.7 Å². The average Bonchev–Trinajstić information content (AvgIpc) is 3.13. The summed E-state index contributed by atoms with van der Waals surface area (Å²) in [5.74, 6) is -2.34. The van der Waals surface area contributed by atoms with Crippen LogP contribution in [0.2, 0.25) is 0 Å². The van der Waals surface area contributed by atoms with Gasteiger partial charge in [-0.05, 0) is 29.7 Å². The van der Waals surface area contributed by atoms with Crippen LogP contribution in [0, 0.1) is 5.82 Å². The molecule has 26 heavy (non-hydrogen) atoms. The third-order valence-corrected chi connectivity index (χ3v) is 4.02. The number of carboxylic acids is 1. The maximum Gasteiger partial charge on any atom is 0.264 e. The molecular weight excluding hydrogens is 339 g/mol. The maximum absolute atomic E-state index is 13.0. The van der Waals surface area contributed by atoms with Gasteiger partial charge in [-0.3, -0.25) is 4.79 Å². The molecule has 1 aliphatic heterocycles. The largest absolute Gasteiger partial charge is 0.548 e. The van der Waals surface area contributed by atoms with E-state index in [1.807, 2.05) is 6.07 Å². The average molecular weight is 355 g/mol. The van der Waals surface area contributed by atoms with Crippen molar-refractivity contribution in [3.05, 3.63) is 71.5 Å². The first-order valence-electron chi connectivity index (χ1n) is 8.06. The fourth-order valence-electron chi connectivity index (χ4n) is 2.64. The number of nitrogens with one attached hydrogen (secondary N) is 1. The first-order chi connectivity index (χ1) is 12.5. The van der Waals surface area contributed by atoms with Crippen molar-refractivity contribution >= 4 is 17.6 Å². The highest BCUT2D eigenvalue weighted by atomic mass is 19.1. The Morgan fingerprint density at radius 2 is 1.88 bits per heavy atom. The van der Waals surface area contributed by atoms with Gasteiger partial charge in [-0.15, -0.1) is 0 Å². The molecule has 0 radical (unpaired) electrons. The van der Waals surface area contributed by atoms with E-state index in [9.17, 15) is 19.1 Å². The van der Waals surface area contributed by atoms with Gasteiger partial charge in [-0.2, -0.15) is 0 Å². The Morgan fingerprint density at radius 3 is 2.54 bits per heavy atom. The molecule has 1 N–H and O–H groups in total. The number of aliphatic carboxylic acids is 1. The van der Waals surface area contributed by atoms with E-state index in [0.717, 1.165) is 5.56 Å². The highest BCUT2D eigenvalue weighted by Crippen LogP contribution is 2.17. The molecule has 0 bridgehead atoms. The Bertz CT molecular complexity index is 821. The molecule has 2 atom stereocenters. The van der Waals surface area contributed by atoms with Crippen molar-refractivity contribution < 1.29 is 23.9 Å². The summed E-state index contributed by atoms with van der Waals surface area (Å²) in [6, 6.07) is 13.4. The second-order valence-electron chi connectivity index (χ2n) is 5.91. The smallest absolute Gasteiger partial charge is 0.264 e. The minimum Gasteiger partial charge on any atom is -0.548 e. The minimum absolute atomic E-state index is 0.104. The van der Waals surface area contributed by atoms with Crippen molar-refractivity contribution in [2.24, 2.45) is 5.16 Å². The molecule has 1 heterocycles. The van der Waals surface area contributed by atoms with Gasteiger partial charge in [-0.25, -0.2) is 4.39 Å². The van der Waals surface area contributed by atoms with E-state index in [4.69, 9.17) is 4.84 Å². The van der Waals surface area contributed by atoms with Crippen LogP contribution in [0.1, 0.15) is 17.5 Å². The Balaban J connectivity index is 1.60. The lowest BCUT2D eigenvalue weighted by Crippen LogP contribution is -2.51. The van der Waals surface area contributed by atoms with Crippen molar-refractivity contribution in [3.8, 4) is 0 Å². The normalized spacial score (nSPS) is 17.1. The first-order valence-corrected chi connectivity index (χ1v) is 8.06. The number of benzene rings is 2. The summed E-state index contributed by atoms with van der Waals surface area (Å²) < 4.78 is 13.0. The molecule has 3 rings (SSSR count). The summed E-state index contributed by atoms with van der Waals surface area (Å²) >= 11 is 0. The quantitative estimate of drug-likeness (QED) is 0.830. The summed E-state index contributed by atoms with van der Waals surface area (Å²) in [6.45, 7) is 0. The molecule has 1 amide bonds. The third-order valence-electron chi connectivity index (χ3n) is 4.02. The summed E-state index contributed by atoms with van der Waals surface area (Å²) in [5.41, 5.74) is 1.90. The van der Waals surface area contributed by atoms with Crippen molar-refractivity contribution in [2.45, 2.75) is 25.0 Å². The lowest BCUT2D eigenvalue weighted by Gasteiger charge is -2.21. The van der Waals surface area contributed by atoms with E-state index in [0.29, 0.717) is 11.3 Å². The Hall–Kier alpha value is -3.22. The number of hydrogen-bond acceptors (Lipinski definition) is 5. The topological polar surface area (TPSA) is 90.8 Å². The summed E-state index contributed by atoms with van der Waals surface area (Å²) in [5, 5.41) is 17.6. The van der Waals surface area contributed by atoms with Crippen LogP contribution < -0.4 is 10.4 Å². The molecular formula is C19H16FN2O4-. The molecule has 0 fully saturated rings. The number of oxime groups is 1. The number of amides is 1. The summed E-state index contributed by atoms with van der Waals surface area (Å²) in [4.78, 5) is 28.8. The van der Waals surface area contributed by atoms with Crippen molar-refractivity contribution in [1.82, 2.24) is 5.32 Å². The van der Waals surface area contributed by atoms with E-state index < -0.39 is 24.0 Å². The van der Waals surface area contributed by atoms with E-state index >= 15 is 0 Å². The predicted molar refractivity (Wildman–Crippen MR) is 89.5 cm³/mol. The number of halogens is 1. The zero-order valence-electron chi connectivity index (χ0n) is 13.7. The Labute approximate surface area is 149 Å². The highest BCUT2D eigenvalue weighted by molar-refractivity contribution is 6.04. The van der Waals surface area contributed by atoms with E-state index in [1.165, 1.54) is 24.3 Å². The minimum atomic E-state index is -1.38. The van der Waals surface area contributed by atoms with Crippen LogP contribution >= 0.6 is 0 Å². The van der Waals surface area contributed by atoms with Gasteiger partial charge in [0.1, 0.15) is 5.82 Å². The standard InChI is InChI=1S/C19H17FN2O4/c20-14-8-6-13(7-9-14)15-11-17(26-22-15)18(23)21-16(19(24)25)10-12-4-2-1-3-5-12/h1-9,16-17H,10-11H2,(H,21,23)(H,24,25)/p-1/t16-,17+/m0/s1. The van der Waals surface area contributed by atoms with Crippen molar-refractivity contribution in [2.75, 3.05) is 0 Å². The number of carbonyl (C=O) groups excluding carboxylic acids is 2. The zero-order valence-corrected chi connectivity index (χ0v) is 13.7. The summed E-state index contributed by atoms with van der Waals surface area (Å²) in [7, 11) is 0. The molecule has 0 aromatic heterocycles. The number of hydrogen-bond donors (Lipinski definition) is 1. The fourth-order valence-corrected chi connectivity index (χ4v) is 2.64. The lowest BCUT2D eigenvalue weighted by molar-refractivity contribution is -0.308. The molecule has 0 spiro atoms. The summed E-state index contributed by atoms with van der Waals surface area (Å²) in [6.07, 6.45) is -0.664. The molecule has 0 unspecified atom stereocenters. The molecule has 2 aromatic carbocycles. The number of rotatable bonds is 6. The van der Waals surface area contributed by atoms with Crippen LogP contribution in [0.25, 0.3) is 0 Å². The number of nitrogens with zero attached hydrogens (tertiary/aromatic N) is 1. The van der Waals surface area contributed by atoms with Gasteiger partial charge in [0, 0.05) is 6.42 Å². The fraction of sp³-hybridized carbons (Fsp3) is 0.211. The van der Waals surface area contributed by atoms with Crippen molar-refractivity contribution in [3.63, 3.8) is 0 Å². The van der Waals surface area contributed by atoms with Gasteiger partial charge in [-0.1, -0.05) is 47.6 Å². The molecule has 0 saturated heterocycles. The molecule has 134 valence electrons. The Kier molecular flexibility index (Phi) is 5.26.